The molecule has 9 heteroatoms. The highest BCUT2D eigenvalue weighted by Crippen LogP contribution is 2.49. The zero-order chi connectivity index (χ0) is 23.6. The molecule has 0 unspecified atom stereocenters. The summed E-state index contributed by atoms with van der Waals surface area (Å²) in [5, 5.41) is 4.28. The molecule has 2 aliphatic heterocycles. The van der Waals surface area contributed by atoms with Crippen molar-refractivity contribution in [1.29, 1.82) is 0 Å². The quantitative estimate of drug-likeness (QED) is 0.427. The van der Waals surface area contributed by atoms with Gasteiger partial charge in [-0.05, 0) is 42.3 Å². The Balaban J connectivity index is 1.53. The average molecular weight is 459 g/mol. The van der Waals surface area contributed by atoms with Crippen LogP contribution >= 0.6 is 0 Å². The van der Waals surface area contributed by atoms with Crippen molar-refractivity contribution < 1.29 is 18.3 Å². The van der Waals surface area contributed by atoms with E-state index < -0.39 is 6.61 Å². The molecular weight excluding hydrogens is 440 g/mol. The van der Waals surface area contributed by atoms with Gasteiger partial charge in [-0.3, -0.25) is 9.48 Å². The van der Waals surface area contributed by atoms with Crippen LogP contribution in [0.3, 0.4) is 0 Å². The SMILES string of the molecule is CN1C(=O)c2cccc(OC(F)F)c2[C@H]2C[C@@H]1c1nc3ccc(C#Cc4ccn(C)n4)cc3n12. The molecule has 0 N–H and O–H groups in total. The predicted octanol–water partition coefficient (Wildman–Crippen LogP) is 3.89. The first-order valence-electron chi connectivity index (χ1n) is 10.8. The van der Waals surface area contributed by atoms with E-state index in [1.807, 2.05) is 42.1 Å². The van der Waals surface area contributed by atoms with Gasteiger partial charge in [0.25, 0.3) is 5.91 Å². The molecule has 4 aromatic rings. The van der Waals surface area contributed by atoms with Crippen molar-refractivity contribution in [2.75, 3.05) is 7.05 Å². The van der Waals surface area contributed by atoms with Crippen molar-refractivity contribution >= 4 is 16.9 Å². The summed E-state index contributed by atoms with van der Waals surface area (Å²) in [6, 6.07) is 11.6. The number of amides is 1. The van der Waals surface area contributed by atoms with Crippen molar-refractivity contribution in [1.82, 2.24) is 24.2 Å². The van der Waals surface area contributed by atoms with Crippen LogP contribution in [0.5, 0.6) is 5.75 Å². The Labute approximate surface area is 193 Å². The van der Waals surface area contributed by atoms with Crippen LogP contribution in [0, 0.1) is 11.8 Å². The summed E-state index contributed by atoms with van der Waals surface area (Å²) < 4.78 is 35.0. The maximum atomic E-state index is 13.2. The minimum Gasteiger partial charge on any atom is -0.434 e. The molecular formula is C25H19F2N5O2. The van der Waals surface area contributed by atoms with E-state index >= 15 is 0 Å². The fraction of sp³-hybridized carbons (Fsp3) is 0.240. The molecule has 34 heavy (non-hydrogen) atoms. The van der Waals surface area contributed by atoms with Crippen molar-refractivity contribution in [3.63, 3.8) is 0 Å². The molecule has 0 spiro atoms. The number of halogens is 2. The molecule has 7 nitrogen and oxygen atoms in total. The van der Waals surface area contributed by atoms with Crippen LogP contribution in [0.15, 0.2) is 48.7 Å². The molecule has 2 bridgehead atoms. The second-order valence-corrected chi connectivity index (χ2v) is 8.45. The minimum absolute atomic E-state index is 0.0145. The van der Waals surface area contributed by atoms with Gasteiger partial charge in [-0.2, -0.15) is 13.9 Å². The summed E-state index contributed by atoms with van der Waals surface area (Å²) in [6.07, 6.45) is 2.36. The van der Waals surface area contributed by atoms with E-state index in [9.17, 15) is 13.6 Å². The van der Waals surface area contributed by atoms with Gasteiger partial charge in [0, 0.05) is 43.4 Å². The molecule has 2 aliphatic rings. The number of carbonyl (C=O) groups is 1. The summed E-state index contributed by atoms with van der Waals surface area (Å²) in [7, 11) is 3.55. The number of aromatic nitrogens is 4. The van der Waals surface area contributed by atoms with E-state index in [1.165, 1.54) is 6.07 Å². The van der Waals surface area contributed by atoms with Gasteiger partial charge in [-0.25, -0.2) is 4.98 Å². The molecule has 0 saturated carbocycles. The van der Waals surface area contributed by atoms with Crippen molar-refractivity contribution in [3.8, 4) is 17.6 Å². The molecule has 4 heterocycles. The second kappa shape index (κ2) is 7.42. The molecule has 2 atom stereocenters. The lowest BCUT2D eigenvalue weighted by Gasteiger charge is -2.24. The number of hydrogen-bond donors (Lipinski definition) is 0. The Morgan fingerprint density at radius 3 is 2.74 bits per heavy atom. The molecule has 170 valence electrons. The molecule has 0 saturated heterocycles. The number of rotatable bonds is 2. The van der Waals surface area contributed by atoms with Crippen LogP contribution < -0.4 is 4.74 Å². The lowest BCUT2D eigenvalue weighted by molar-refractivity contribution is -0.0507. The molecule has 2 aromatic carbocycles. The van der Waals surface area contributed by atoms with Crippen molar-refractivity contribution in [3.05, 3.63) is 76.9 Å². The van der Waals surface area contributed by atoms with E-state index in [1.54, 1.807) is 28.8 Å². The van der Waals surface area contributed by atoms with Gasteiger partial charge >= 0.3 is 6.61 Å². The summed E-state index contributed by atoms with van der Waals surface area (Å²) in [4.78, 5) is 19.6. The maximum absolute atomic E-state index is 13.2. The average Bonchev–Trinajstić information content (AvgIpc) is 3.48. The summed E-state index contributed by atoms with van der Waals surface area (Å²) in [5.41, 5.74) is 3.86. The van der Waals surface area contributed by atoms with E-state index in [-0.39, 0.29) is 23.7 Å². The summed E-state index contributed by atoms with van der Waals surface area (Å²) in [5.74, 6) is 6.70. The first kappa shape index (κ1) is 20.4. The largest absolute Gasteiger partial charge is 0.434 e. The standard InChI is InChI=1S/C25H19F2N5O2/c1-30-11-10-15(29-30)8-6-14-7-9-17-18(12-14)32-19-13-20(23(32)28-17)31(2)24(33)16-4-3-5-21(22(16)19)34-25(26)27/h3-5,7,9-12,19-20,25H,13H2,1-2H3/t19-,20-/m1/s1. The molecule has 6 rings (SSSR count). The van der Waals surface area contributed by atoms with E-state index in [4.69, 9.17) is 9.72 Å². The van der Waals surface area contributed by atoms with E-state index in [0.717, 1.165) is 22.4 Å². The maximum Gasteiger partial charge on any atom is 0.387 e. The van der Waals surface area contributed by atoms with E-state index in [0.29, 0.717) is 23.2 Å². The van der Waals surface area contributed by atoms with Gasteiger partial charge in [0.15, 0.2) is 0 Å². The van der Waals surface area contributed by atoms with Gasteiger partial charge in [-0.1, -0.05) is 12.0 Å². The highest BCUT2D eigenvalue weighted by molar-refractivity contribution is 5.97. The smallest absolute Gasteiger partial charge is 0.387 e. The van der Waals surface area contributed by atoms with Crippen LogP contribution in [0.4, 0.5) is 8.78 Å². The molecule has 1 amide bonds. The zero-order valence-corrected chi connectivity index (χ0v) is 18.4. The van der Waals surface area contributed by atoms with Crippen LogP contribution in [-0.4, -0.2) is 43.8 Å². The number of imidazole rings is 1. The Morgan fingerprint density at radius 1 is 1.12 bits per heavy atom. The zero-order valence-electron chi connectivity index (χ0n) is 18.4. The van der Waals surface area contributed by atoms with Gasteiger partial charge in [0.2, 0.25) is 0 Å². The number of aryl methyl sites for hydroxylation is 1. The highest BCUT2D eigenvalue weighted by Gasteiger charge is 2.44. The molecule has 0 radical (unpaired) electrons. The number of alkyl halides is 2. The summed E-state index contributed by atoms with van der Waals surface area (Å²) in [6.45, 7) is -2.99. The number of nitrogens with zero attached hydrogens (tertiary/aromatic N) is 5. The third kappa shape index (κ3) is 3.06. The van der Waals surface area contributed by atoms with Crippen LogP contribution in [0.25, 0.3) is 11.0 Å². The third-order valence-electron chi connectivity index (χ3n) is 6.46. The Kier molecular flexibility index (Phi) is 4.45. The number of benzene rings is 2. The lowest BCUT2D eigenvalue weighted by Crippen LogP contribution is -2.30. The lowest BCUT2D eigenvalue weighted by atomic mass is 9.97. The van der Waals surface area contributed by atoms with E-state index in [2.05, 4.69) is 16.9 Å². The normalized spacial score (nSPS) is 18.5. The van der Waals surface area contributed by atoms with Crippen LogP contribution in [0.1, 0.15) is 51.5 Å². The monoisotopic (exact) mass is 459 g/mol. The Hall–Kier alpha value is -4.19. The number of fused-ring (bicyclic) bond motifs is 9. The Morgan fingerprint density at radius 2 is 1.97 bits per heavy atom. The Bertz CT molecular complexity index is 1530. The van der Waals surface area contributed by atoms with Crippen molar-refractivity contribution in [2.24, 2.45) is 7.05 Å². The van der Waals surface area contributed by atoms with Gasteiger partial charge < -0.3 is 14.2 Å². The summed E-state index contributed by atoms with van der Waals surface area (Å²) >= 11 is 0. The number of carbonyl (C=O) groups excluding carboxylic acids is 1. The fourth-order valence-corrected chi connectivity index (χ4v) is 4.98. The fourth-order valence-electron chi connectivity index (χ4n) is 4.98. The topological polar surface area (TPSA) is 65.2 Å². The van der Waals surface area contributed by atoms with Gasteiger partial charge in [0.1, 0.15) is 17.3 Å². The molecule has 0 fully saturated rings. The van der Waals surface area contributed by atoms with Crippen LogP contribution in [-0.2, 0) is 7.05 Å². The van der Waals surface area contributed by atoms with Gasteiger partial charge in [-0.15, -0.1) is 0 Å². The molecule has 2 aromatic heterocycles. The van der Waals surface area contributed by atoms with Gasteiger partial charge in [0.05, 0.1) is 23.1 Å². The number of hydrogen-bond acceptors (Lipinski definition) is 4. The van der Waals surface area contributed by atoms with Crippen molar-refractivity contribution in [2.45, 2.75) is 25.1 Å². The first-order valence-corrected chi connectivity index (χ1v) is 10.8. The first-order chi connectivity index (χ1) is 16.4. The third-order valence-corrected chi connectivity index (χ3v) is 6.46. The second-order valence-electron chi connectivity index (χ2n) is 8.45. The number of ether oxygens (including phenoxy) is 1. The minimum atomic E-state index is -2.99. The predicted molar refractivity (Wildman–Crippen MR) is 120 cm³/mol. The molecule has 0 aliphatic carbocycles. The highest BCUT2D eigenvalue weighted by atomic mass is 19.3. The van der Waals surface area contributed by atoms with Crippen LogP contribution in [0.2, 0.25) is 0 Å².